The first-order valence-electron chi connectivity index (χ1n) is 9.37. The first-order valence-corrected chi connectivity index (χ1v) is 10.2. The maximum absolute atomic E-state index is 12.7. The third-order valence-corrected chi connectivity index (χ3v) is 5.83. The Balaban J connectivity index is 1.69. The molecular formula is C21H18N6O2S. The third kappa shape index (κ3) is 3.13. The topological polar surface area (TPSA) is 101 Å². The molecule has 150 valence electrons. The quantitative estimate of drug-likeness (QED) is 0.467. The van der Waals surface area contributed by atoms with Crippen molar-refractivity contribution in [1.82, 2.24) is 29.1 Å². The first kappa shape index (κ1) is 18.4. The number of rotatable bonds is 4. The van der Waals surface area contributed by atoms with E-state index in [-0.39, 0.29) is 0 Å². The number of nitrogens with one attached hydrogen (secondary N) is 2. The average Bonchev–Trinajstić information content (AvgIpc) is 3.28. The van der Waals surface area contributed by atoms with Gasteiger partial charge in [-0.3, -0.25) is 14.3 Å². The lowest BCUT2D eigenvalue weighted by Crippen LogP contribution is -2.29. The summed E-state index contributed by atoms with van der Waals surface area (Å²) in [7, 11) is 1.60. The number of hydrogen-bond donors (Lipinski definition) is 2. The fourth-order valence-electron chi connectivity index (χ4n) is 3.50. The second-order valence-corrected chi connectivity index (χ2v) is 8.08. The van der Waals surface area contributed by atoms with Gasteiger partial charge in [-0.05, 0) is 36.4 Å². The lowest BCUT2D eigenvalue weighted by atomic mass is 10.1. The van der Waals surface area contributed by atoms with E-state index in [9.17, 15) is 9.59 Å². The van der Waals surface area contributed by atoms with Crippen molar-refractivity contribution in [2.75, 3.05) is 0 Å². The van der Waals surface area contributed by atoms with Gasteiger partial charge in [-0.25, -0.2) is 14.8 Å². The zero-order valence-corrected chi connectivity index (χ0v) is 17.2. The van der Waals surface area contributed by atoms with Gasteiger partial charge in [-0.2, -0.15) is 0 Å². The van der Waals surface area contributed by atoms with Gasteiger partial charge in [0, 0.05) is 7.05 Å². The van der Waals surface area contributed by atoms with E-state index in [2.05, 4.69) is 26.0 Å². The fraction of sp³-hybridized carbons (Fsp3) is 0.143. The molecule has 2 N–H and O–H groups in total. The highest BCUT2D eigenvalue weighted by Gasteiger charge is 2.19. The average molecular weight is 418 g/mol. The van der Waals surface area contributed by atoms with E-state index in [1.807, 2.05) is 54.0 Å². The van der Waals surface area contributed by atoms with E-state index < -0.39 is 11.2 Å². The monoisotopic (exact) mass is 418 g/mol. The van der Waals surface area contributed by atoms with Gasteiger partial charge in [-0.15, -0.1) is 0 Å². The second kappa shape index (κ2) is 7.03. The predicted molar refractivity (Wildman–Crippen MR) is 116 cm³/mol. The lowest BCUT2D eigenvalue weighted by molar-refractivity contribution is 0.726. The Morgan fingerprint density at radius 2 is 1.87 bits per heavy atom. The third-order valence-electron chi connectivity index (χ3n) is 4.95. The molecule has 0 amide bonds. The largest absolute Gasteiger partial charge is 0.333 e. The molecule has 0 fully saturated rings. The highest BCUT2D eigenvalue weighted by Crippen LogP contribution is 2.29. The molecule has 5 rings (SSSR count). The minimum absolute atomic E-state index is 0.343. The minimum Gasteiger partial charge on any atom is -0.333 e. The summed E-state index contributed by atoms with van der Waals surface area (Å²) in [6, 6.07) is 15.8. The van der Waals surface area contributed by atoms with Crippen LogP contribution in [-0.4, -0.2) is 29.1 Å². The molecule has 9 heteroatoms. The smallest absolute Gasteiger partial charge is 0.329 e. The van der Waals surface area contributed by atoms with E-state index in [0.717, 1.165) is 22.2 Å². The maximum atomic E-state index is 12.7. The van der Waals surface area contributed by atoms with Gasteiger partial charge in [0.1, 0.15) is 0 Å². The standard InChI is InChI=1S/C21H18N6O2S/c1-12-6-5-7-13(10-12)11-27-16-17(26(2)20(29)25-18(16)28)24-21(27)30-19-22-14-8-3-4-9-15(14)23-19/h3-10H,11H2,1-2H3,(H,22,23)(H,25,28,29). The summed E-state index contributed by atoms with van der Waals surface area (Å²) in [6.45, 7) is 2.47. The van der Waals surface area contributed by atoms with Crippen LogP contribution in [0.2, 0.25) is 0 Å². The Morgan fingerprint density at radius 3 is 2.67 bits per heavy atom. The van der Waals surface area contributed by atoms with Crippen LogP contribution in [0.1, 0.15) is 11.1 Å². The van der Waals surface area contributed by atoms with E-state index in [0.29, 0.717) is 28.0 Å². The van der Waals surface area contributed by atoms with E-state index >= 15 is 0 Å². The van der Waals surface area contributed by atoms with Gasteiger partial charge in [0.2, 0.25) is 0 Å². The summed E-state index contributed by atoms with van der Waals surface area (Å²) < 4.78 is 3.19. The summed E-state index contributed by atoms with van der Waals surface area (Å²) in [4.78, 5) is 39.6. The van der Waals surface area contributed by atoms with Crippen molar-refractivity contribution >= 4 is 34.0 Å². The highest BCUT2D eigenvalue weighted by atomic mass is 32.2. The summed E-state index contributed by atoms with van der Waals surface area (Å²) in [5, 5.41) is 1.25. The van der Waals surface area contributed by atoms with Gasteiger partial charge in [0.15, 0.2) is 21.5 Å². The second-order valence-electron chi connectivity index (χ2n) is 7.12. The Hall–Kier alpha value is -3.59. The van der Waals surface area contributed by atoms with Gasteiger partial charge in [-0.1, -0.05) is 42.0 Å². The number of fused-ring (bicyclic) bond motifs is 2. The molecule has 0 aliphatic rings. The summed E-state index contributed by atoms with van der Waals surface area (Å²) in [6.07, 6.45) is 0. The molecule has 0 bridgehead atoms. The fourth-order valence-corrected chi connectivity index (χ4v) is 4.37. The van der Waals surface area contributed by atoms with Crippen molar-refractivity contribution in [2.45, 2.75) is 23.8 Å². The number of nitrogens with zero attached hydrogens (tertiary/aromatic N) is 4. The molecular weight excluding hydrogens is 400 g/mol. The lowest BCUT2D eigenvalue weighted by Gasteiger charge is -2.08. The van der Waals surface area contributed by atoms with Crippen molar-refractivity contribution in [3.8, 4) is 0 Å². The molecule has 0 unspecified atom stereocenters. The number of aromatic nitrogens is 6. The SMILES string of the molecule is Cc1cccc(Cn2c(Sc3nc4ccccc4[nH]3)nc3c2c(=O)[nH]c(=O)n3C)c1. The van der Waals surface area contributed by atoms with Crippen LogP contribution >= 0.6 is 11.8 Å². The van der Waals surface area contributed by atoms with Gasteiger partial charge in [0.05, 0.1) is 17.6 Å². The van der Waals surface area contributed by atoms with Crippen molar-refractivity contribution in [3.63, 3.8) is 0 Å². The molecule has 30 heavy (non-hydrogen) atoms. The van der Waals surface area contributed by atoms with Gasteiger partial charge < -0.3 is 9.55 Å². The molecule has 5 aromatic rings. The van der Waals surface area contributed by atoms with E-state index in [4.69, 9.17) is 0 Å². The summed E-state index contributed by atoms with van der Waals surface area (Å²) >= 11 is 1.33. The normalized spacial score (nSPS) is 11.5. The van der Waals surface area contributed by atoms with Crippen molar-refractivity contribution in [2.24, 2.45) is 7.05 Å². The Bertz CT molecular complexity index is 1490. The maximum Gasteiger partial charge on any atom is 0.329 e. The van der Waals surface area contributed by atoms with Crippen molar-refractivity contribution in [1.29, 1.82) is 0 Å². The Morgan fingerprint density at radius 1 is 1.03 bits per heavy atom. The van der Waals surface area contributed by atoms with E-state index in [1.165, 1.54) is 16.3 Å². The molecule has 0 spiro atoms. The van der Waals surface area contributed by atoms with Crippen LogP contribution in [0.4, 0.5) is 0 Å². The molecule has 0 aliphatic heterocycles. The van der Waals surface area contributed by atoms with Crippen LogP contribution in [0, 0.1) is 6.92 Å². The zero-order valence-electron chi connectivity index (χ0n) is 16.3. The number of aryl methyl sites for hydroxylation is 2. The van der Waals surface area contributed by atoms with Crippen molar-refractivity contribution < 1.29 is 0 Å². The summed E-state index contributed by atoms with van der Waals surface area (Å²) in [5.74, 6) is 0. The van der Waals surface area contributed by atoms with Crippen LogP contribution < -0.4 is 11.2 Å². The number of imidazole rings is 2. The molecule has 3 aromatic heterocycles. The van der Waals surface area contributed by atoms with Crippen LogP contribution in [-0.2, 0) is 13.6 Å². The van der Waals surface area contributed by atoms with Crippen LogP contribution in [0.3, 0.4) is 0 Å². The number of benzene rings is 2. The molecule has 0 radical (unpaired) electrons. The van der Waals surface area contributed by atoms with Gasteiger partial charge >= 0.3 is 5.69 Å². The minimum atomic E-state index is -0.493. The molecule has 8 nitrogen and oxygen atoms in total. The highest BCUT2D eigenvalue weighted by molar-refractivity contribution is 7.99. The molecule has 0 saturated carbocycles. The first-order chi connectivity index (χ1) is 14.5. The number of para-hydroxylation sites is 2. The number of hydrogen-bond acceptors (Lipinski definition) is 5. The Kier molecular flexibility index (Phi) is 4.32. The number of H-pyrrole nitrogens is 2. The number of aromatic amines is 2. The molecule has 0 aliphatic carbocycles. The molecule has 2 aromatic carbocycles. The zero-order chi connectivity index (χ0) is 20.8. The van der Waals surface area contributed by atoms with Crippen LogP contribution in [0.5, 0.6) is 0 Å². The molecule has 0 atom stereocenters. The summed E-state index contributed by atoms with van der Waals surface area (Å²) in [5.41, 5.74) is 3.70. The molecule has 3 heterocycles. The Labute approximate surface area is 174 Å². The molecule has 0 saturated heterocycles. The van der Waals surface area contributed by atoms with Gasteiger partial charge in [0.25, 0.3) is 5.56 Å². The van der Waals surface area contributed by atoms with Crippen LogP contribution in [0.25, 0.3) is 22.2 Å². The van der Waals surface area contributed by atoms with Crippen LogP contribution in [0.15, 0.2) is 68.4 Å². The van der Waals surface area contributed by atoms with E-state index in [1.54, 1.807) is 7.05 Å². The predicted octanol–water partition coefficient (Wildman–Crippen LogP) is 2.81. The van der Waals surface area contributed by atoms with Crippen molar-refractivity contribution in [3.05, 3.63) is 80.5 Å².